The molecule has 1 aromatic heterocycles. The van der Waals surface area contributed by atoms with Crippen molar-refractivity contribution in [2.24, 2.45) is 17.6 Å². The minimum atomic E-state index is -2.45. The topological polar surface area (TPSA) is 510 Å². The Balaban J connectivity index is 1.02. The van der Waals surface area contributed by atoms with E-state index >= 15 is 4.21 Å². The van der Waals surface area contributed by atoms with E-state index in [1.54, 1.807) is 26.0 Å². The van der Waals surface area contributed by atoms with Gasteiger partial charge in [-0.05, 0) is 42.2 Å². The van der Waals surface area contributed by atoms with Gasteiger partial charge >= 0.3 is 0 Å². The summed E-state index contributed by atoms with van der Waals surface area (Å²) in [5, 5.41) is 52.6. The molecule has 2 aromatic rings. The van der Waals surface area contributed by atoms with Gasteiger partial charge < -0.3 is 116 Å². The van der Waals surface area contributed by atoms with Gasteiger partial charge in [-0.3, -0.25) is 66.6 Å². The summed E-state index contributed by atoms with van der Waals surface area (Å²) in [5.41, 5.74) is 6.59. The van der Waals surface area contributed by atoms with Crippen molar-refractivity contribution < 1.29 is 120 Å². The first-order valence-electron chi connectivity index (χ1n) is 35.7. The predicted octanol–water partition coefficient (Wildman–Crippen LogP) is -5.04. The molecule has 107 heavy (non-hydrogen) atoms. The lowest BCUT2D eigenvalue weighted by molar-refractivity contribution is -0.144. The normalized spacial score (nSPS) is 22.4. The molecule has 0 aliphatic carbocycles. The molecular formula is C68H104N12O25S2. The number of aliphatic hydroxyl groups excluding tert-OH is 3. The van der Waals surface area contributed by atoms with E-state index in [-0.39, 0.29) is 66.9 Å². The number of benzene rings is 1. The van der Waals surface area contributed by atoms with Gasteiger partial charge in [-0.2, -0.15) is 11.8 Å². The van der Waals surface area contributed by atoms with Crippen molar-refractivity contribution in [2.45, 2.75) is 125 Å². The van der Waals surface area contributed by atoms with Gasteiger partial charge in [0.25, 0.3) is 11.8 Å². The molecule has 1 fully saturated rings. The maximum Gasteiger partial charge on any atom is 0.253 e. The minimum absolute atomic E-state index is 0.107. The van der Waals surface area contributed by atoms with Crippen molar-refractivity contribution in [2.75, 3.05) is 164 Å². The molecule has 6 rings (SSSR count). The van der Waals surface area contributed by atoms with Crippen LogP contribution in [0.2, 0.25) is 0 Å². The molecule has 5 heterocycles. The number of nitrogens with two attached hydrogens (primary N) is 1. The lowest BCUT2D eigenvalue weighted by Gasteiger charge is -2.32. The Bertz CT molecular complexity index is 3350. The molecule has 1 aromatic carbocycles. The van der Waals surface area contributed by atoms with Crippen LogP contribution < -0.4 is 53.0 Å². The smallest absolute Gasteiger partial charge is 0.253 e. The van der Waals surface area contributed by atoms with Gasteiger partial charge in [0.1, 0.15) is 47.0 Å². The molecular weight excluding hydrogens is 1450 g/mol. The Labute approximate surface area is 626 Å². The summed E-state index contributed by atoms with van der Waals surface area (Å²) < 4.78 is 65.2. The number of aliphatic hydroxyl groups is 3. The van der Waals surface area contributed by atoms with Gasteiger partial charge in [0.05, 0.1) is 180 Å². The number of primary amides is 1. The number of H-pyrrole nitrogens is 1. The fraction of sp³-hybridized carbons (Fsp3) is 0.676. The first-order valence-corrected chi connectivity index (χ1v) is 38.1. The molecule has 1 saturated heterocycles. The highest BCUT2D eigenvalue weighted by Crippen LogP contribution is 2.36. The highest BCUT2D eigenvalue weighted by molar-refractivity contribution is 7.98. The first kappa shape index (κ1) is 88.1. The van der Waals surface area contributed by atoms with E-state index in [4.69, 9.17) is 48.4 Å². The number of imide groups is 1. The summed E-state index contributed by atoms with van der Waals surface area (Å²) in [6, 6.07) is -6.99. The number of aromatic amines is 1. The largest absolute Gasteiger partial charge is 0.496 e. The predicted molar refractivity (Wildman–Crippen MR) is 383 cm³/mol. The van der Waals surface area contributed by atoms with E-state index in [9.17, 15) is 72.9 Å². The Hall–Kier alpha value is -7.80. The van der Waals surface area contributed by atoms with E-state index < -0.39 is 176 Å². The van der Waals surface area contributed by atoms with Gasteiger partial charge in [0.15, 0.2) is 0 Å². The van der Waals surface area contributed by atoms with Crippen LogP contribution in [0.1, 0.15) is 70.4 Å². The van der Waals surface area contributed by atoms with Crippen LogP contribution in [0.15, 0.2) is 29.3 Å². The number of amides is 12. The Kier molecular flexibility index (Phi) is 38.9. The molecule has 0 saturated carbocycles. The van der Waals surface area contributed by atoms with E-state index in [1.165, 1.54) is 37.9 Å². The number of thioether (sulfide) groups is 1. The molecule has 39 heteroatoms. The third kappa shape index (κ3) is 28.9. The fourth-order valence-corrected chi connectivity index (χ4v) is 14.0. The molecule has 0 spiro atoms. The number of fused-ring (bicyclic) bond motifs is 5. The number of nitrogens with one attached hydrogen (secondary N) is 9. The number of carbonyl (C=O) groups excluding carboxylic acids is 12. The number of carbonyl (C=O) groups is 12. The SMILES string of the molecule is CC[C@H](C)[C@@H]1NC(=O)CNC(=O)[C@@H]2Cc3c([nH]c4c(CSCCCCNC(=O)CCOCCOCCOCCOCCOCCOCCOCCOCCN5C(=O)C=CC5=O)c(OC)ccc34)S(=O)CC(NC(=O)CNC1=O)C(=O)N[C@@H](CC(N)=O)C(=O)N1C[C@H](O)C[C@H]1C(=O)N[C@@H]([C@@H](C)[C@@H](O)CO)C(=O)N2. The zero-order chi connectivity index (χ0) is 77.8. The van der Waals surface area contributed by atoms with E-state index in [0.29, 0.717) is 140 Å². The van der Waals surface area contributed by atoms with Gasteiger partial charge in [-0.25, -0.2) is 0 Å². The Morgan fingerprint density at radius 1 is 0.692 bits per heavy atom. The number of hydrogen-bond acceptors (Lipinski definition) is 26. The zero-order valence-corrected chi connectivity index (χ0v) is 62.5. The molecule has 11 atom stereocenters. The summed E-state index contributed by atoms with van der Waals surface area (Å²) in [6.07, 6.45) is -0.751. The Morgan fingerprint density at radius 2 is 1.26 bits per heavy atom. The minimum Gasteiger partial charge on any atom is -0.496 e. The van der Waals surface area contributed by atoms with E-state index in [2.05, 4.69) is 47.5 Å². The van der Waals surface area contributed by atoms with Crippen LogP contribution in [-0.4, -0.2) is 317 Å². The standard InChI is InChI=1S/C68H104N12O25S2/c1-5-41(2)59-65(93)72-35-55(86)73-49-40-107(96)67-45(33-47(62(90)71-36-56(87)76-59)74-66(94)60(42(3)51(83)38-81)77-64(92)50-32-43(82)37-80(50)68(95)48(34-53(69)84)75-63(49)91)44-8-9-52(97-4)46(61(44)78-67)39-106-31-7-6-13-70-54(85)12-15-98-17-19-100-21-23-102-25-27-104-29-30-105-28-26-103-24-22-101-20-18-99-16-14-79-57(88)10-11-58(79)89/h8-11,41-43,47-51,59-60,78,81-83H,5-7,12-40H2,1-4H3,(H2,69,84)(H,70,85)(H,71,90)(H,72,93)(H,73,86)(H,74,94)(H,75,91)(H,76,87)(H,77,92)/t41-,42-,43+,47-,48-,49?,50-,51-,59-,60-,107?/m0/s1. The summed E-state index contributed by atoms with van der Waals surface area (Å²) in [5.74, 6) is -11.7. The van der Waals surface area contributed by atoms with Crippen LogP contribution in [0.5, 0.6) is 5.75 Å². The number of methoxy groups -OCH3 is 1. The van der Waals surface area contributed by atoms with Crippen LogP contribution in [-0.2, 0) is 118 Å². The molecule has 4 aliphatic rings. The third-order valence-corrected chi connectivity index (χ3v) is 20.2. The summed E-state index contributed by atoms with van der Waals surface area (Å²) in [4.78, 5) is 168. The molecule has 598 valence electrons. The highest BCUT2D eigenvalue weighted by Gasteiger charge is 2.45. The number of aromatic nitrogens is 1. The van der Waals surface area contributed by atoms with Crippen LogP contribution in [0.25, 0.3) is 10.9 Å². The number of nitrogens with zero attached hydrogens (tertiary/aromatic N) is 2. The van der Waals surface area contributed by atoms with Gasteiger partial charge in [0, 0.05) is 67.1 Å². The van der Waals surface area contributed by atoms with Crippen LogP contribution in [0.4, 0.5) is 0 Å². The lowest BCUT2D eigenvalue weighted by Crippen LogP contribution is -2.62. The second kappa shape index (κ2) is 47.2. The average molecular weight is 1550 g/mol. The highest BCUT2D eigenvalue weighted by atomic mass is 32.2. The quantitative estimate of drug-likeness (QED) is 0.0219. The van der Waals surface area contributed by atoms with Crippen molar-refractivity contribution >= 4 is 104 Å². The second-order valence-corrected chi connectivity index (χ2v) is 28.0. The maximum atomic E-state index is 15.4. The first-order chi connectivity index (χ1) is 51.5. The third-order valence-electron chi connectivity index (χ3n) is 17.7. The van der Waals surface area contributed by atoms with E-state index in [1.807, 2.05) is 0 Å². The molecule has 2 bridgehead atoms. The summed E-state index contributed by atoms with van der Waals surface area (Å²) in [6.45, 7) is 7.71. The summed E-state index contributed by atoms with van der Waals surface area (Å²) >= 11 is 1.49. The number of unbranched alkanes of at least 4 members (excludes halogenated alkanes) is 1. The number of ether oxygens (including phenoxy) is 9. The molecule has 37 nitrogen and oxygen atoms in total. The van der Waals surface area contributed by atoms with Crippen molar-refractivity contribution in [1.29, 1.82) is 0 Å². The molecule has 12 amide bonds. The zero-order valence-electron chi connectivity index (χ0n) is 60.8. The molecule has 14 N–H and O–H groups in total. The maximum absolute atomic E-state index is 15.4. The van der Waals surface area contributed by atoms with Gasteiger partial charge in [0.2, 0.25) is 59.1 Å². The van der Waals surface area contributed by atoms with Crippen molar-refractivity contribution in [1.82, 2.24) is 57.3 Å². The fourth-order valence-electron chi connectivity index (χ4n) is 11.6. The molecule has 2 unspecified atom stereocenters. The van der Waals surface area contributed by atoms with Crippen LogP contribution in [0.3, 0.4) is 0 Å². The van der Waals surface area contributed by atoms with Gasteiger partial charge in [-0.15, -0.1) is 0 Å². The molecule has 4 aliphatic heterocycles. The second-order valence-electron chi connectivity index (χ2n) is 25.5. The van der Waals surface area contributed by atoms with Crippen LogP contribution in [0, 0.1) is 11.8 Å². The van der Waals surface area contributed by atoms with Crippen molar-refractivity contribution in [3.63, 3.8) is 0 Å². The monoisotopic (exact) mass is 1550 g/mol. The number of rotatable bonds is 42. The van der Waals surface area contributed by atoms with Crippen LogP contribution >= 0.6 is 11.8 Å². The molecule has 0 radical (unpaired) electrons. The van der Waals surface area contributed by atoms with E-state index in [0.717, 1.165) is 9.80 Å². The number of hydrogen-bond donors (Lipinski definition) is 13. The van der Waals surface area contributed by atoms with Crippen molar-refractivity contribution in [3.8, 4) is 5.75 Å². The van der Waals surface area contributed by atoms with Gasteiger partial charge in [-0.1, -0.05) is 27.2 Å². The van der Waals surface area contributed by atoms with Crippen molar-refractivity contribution in [3.05, 3.63) is 35.4 Å². The average Bonchev–Trinajstić information content (AvgIpc) is 1.62. The lowest BCUT2D eigenvalue weighted by atomic mass is 9.93. The Morgan fingerprint density at radius 3 is 1.83 bits per heavy atom. The summed E-state index contributed by atoms with van der Waals surface area (Å²) in [7, 11) is -1.02.